The molecule has 7 nitrogen and oxygen atoms in total. The summed E-state index contributed by atoms with van der Waals surface area (Å²) in [5.41, 5.74) is 5.48. The third-order valence-electron chi connectivity index (χ3n) is 2.67. The predicted octanol–water partition coefficient (Wildman–Crippen LogP) is 0.529. The fourth-order valence-electron chi connectivity index (χ4n) is 1.73. The summed E-state index contributed by atoms with van der Waals surface area (Å²) in [5.74, 6) is -3.18. The monoisotopic (exact) mass is 269 g/mol. The molecule has 0 saturated heterocycles. The quantitative estimate of drug-likeness (QED) is 0.689. The molecule has 7 heteroatoms. The number of nitrogens with two attached hydrogens (primary N) is 1. The highest BCUT2D eigenvalue weighted by atomic mass is 16.5. The van der Waals surface area contributed by atoms with Crippen LogP contribution in [0.2, 0.25) is 0 Å². The molecule has 1 rings (SSSR count). The number of carboxylic acid groups (broad SMARTS) is 2. The minimum absolute atomic E-state index is 0.0416. The van der Waals surface area contributed by atoms with Crippen LogP contribution >= 0.6 is 0 Å². The highest BCUT2D eigenvalue weighted by Gasteiger charge is 2.24. The Bertz CT molecular complexity index is 499. The zero-order valence-corrected chi connectivity index (χ0v) is 10.5. The van der Waals surface area contributed by atoms with E-state index in [0.29, 0.717) is 0 Å². The van der Waals surface area contributed by atoms with Crippen LogP contribution in [0.25, 0.3) is 0 Å². The fourth-order valence-corrected chi connectivity index (χ4v) is 1.73. The summed E-state index contributed by atoms with van der Waals surface area (Å²) in [6.07, 6.45) is 0. The van der Waals surface area contributed by atoms with Crippen molar-refractivity contribution in [2.75, 3.05) is 20.8 Å². The molecule has 0 aromatic heterocycles. The molecule has 0 saturated carbocycles. The van der Waals surface area contributed by atoms with Gasteiger partial charge in [0.2, 0.25) is 0 Å². The molecule has 0 aliphatic carbocycles. The number of carbonyl (C=O) groups is 2. The van der Waals surface area contributed by atoms with Gasteiger partial charge in [-0.1, -0.05) is 0 Å². The number of aliphatic carboxylic acids is 1. The van der Waals surface area contributed by atoms with Gasteiger partial charge in [0.1, 0.15) is 5.56 Å². The van der Waals surface area contributed by atoms with E-state index in [0.717, 1.165) is 0 Å². The Balaban J connectivity index is 3.47. The number of benzene rings is 1. The van der Waals surface area contributed by atoms with E-state index in [1.165, 1.54) is 26.4 Å². The van der Waals surface area contributed by atoms with E-state index in [2.05, 4.69) is 0 Å². The summed E-state index contributed by atoms with van der Waals surface area (Å²) >= 11 is 0. The molecule has 19 heavy (non-hydrogen) atoms. The fraction of sp³-hybridized carbons (Fsp3) is 0.333. The second kappa shape index (κ2) is 6.05. The molecule has 0 aliphatic rings. The van der Waals surface area contributed by atoms with Crippen LogP contribution in [0.15, 0.2) is 12.1 Å². The third-order valence-corrected chi connectivity index (χ3v) is 2.67. The molecule has 0 amide bonds. The summed E-state index contributed by atoms with van der Waals surface area (Å²) in [5, 5.41) is 18.2. The lowest BCUT2D eigenvalue weighted by Gasteiger charge is -2.16. The minimum atomic E-state index is -1.24. The number of carboxylic acids is 2. The summed E-state index contributed by atoms with van der Waals surface area (Å²) in [6.45, 7) is -0.149. The van der Waals surface area contributed by atoms with Crippen molar-refractivity contribution in [3.63, 3.8) is 0 Å². The first-order chi connectivity index (χ1) is 8.96. The number of hydrogen-bond acceptors (Lipinski definition) is 5. The van der Waals surface area contributed by atoms with Gasteiger partial charge < -0.3 is 25.4 Å². The molecule has 1 aromatic rings. The third kappa shape index (κ3) is 2.94. The SMILES string of the molecule is COc1cc(C(CN)C(=O)O)cc(C(=O)O)c1OC. The Morgan fingerprint density at radius 3 is 2.26 bits per heavy atom. The first kappa shape index (κ1) is 14.8. The lowest BCUT2D eigenvalue weighted by molar-refractivity contribution is -0.138. The van der Waals surface area contributed by atoms with E-state index in [-0.39, 0.29) is 29.2 Å². The molecule has 0 fully saturated rings. The first-order valence-electron chi connectivity index (χ1n) is 5.38. The molecule has 1 atom stereocenters. The molecular weight excluding hydrogens is 254 g/mol. The predicted molar refractivity (Wildman–Crippen MR) is 65.9 cm³/mol. The van der Waals surface area contributed by atoms with Gasteiger partial charge >= 0.3 is 11.9 Å². The minimum Gasteiger partial charge on any atom is -0.493 e. The first-order valence-corrected chi connectivity index (χ1v) is 5.38. The van der Waals surface area contributed by atoms with Gasteiger partial charge in [-0.2, -0.15) is 0 Å². The lowest BCUT2D eigenvalue weighted by Crippen LogP contribution is -2.21. The Labute approximate surface area is 109 Å². The number of ether oxygens (including phenoxy) is 2. The van der Waals surface area contributed by atoms with E-state index in [1.807, 2.05) is 0 Å². The van der Waals surface area contributed by atoms with Gasteiger partial charge in [-0.3, -0.25) is 4.79 Å². The Hall–Kier alpha value is -2.28. The van der Waals surface area contributed by atoms with Crippen molar-refractivity contribution in [2.24, 2.45) is 5.73 Å². The second-order valence-electron chi connectivity index (χ2n) is 3.74. The maximum absolute atomic E-state index is 11.2. The number of hydrogen-bond donors (Lipinski definition) is 3. The van der Waals surface area contributed by atoms with E-state index < -0.39 is 17.9 Å². The van der Waals surface area contributed by atoms with Crippen LogP contribution in [-0.4, -0.2) is 42.9 Å². The molecule has 1 unspecified atom stereocenters. The van der Waals surface area contributed by atoms with Crippen molar-refractivity contribution in [2.45, 2.75) is 5.92 Å². The van der Waals surface area contributed by atoms with Crippen LogP contribution in [0.5, 0.6) is 11.5 Å². The van der Waals surface area contributed by atoms with Gasteiger partial charge in [0.15, 0.2) is 11.5 Å². The zero-order chi connectivity index (χ0) is 14.6. The molecule has 4 N–H and O–H groups in total. The summed E-state index contributed by atoms with van der Waals surface area (Å²) in [6, 6.07) is 2.65. The largest absolute Gasteiger partial charge is 0.493 e. The summed E-state index contributed by atoms with van der Waals surface area (Å²) in [4.78, 5) is 22.2. The number of methoxy groups -OCH3 is 2. The molecular formula is C12H15NO6. The van der Waals surface area contributed by atoms with E-state index in [9.17, 15) is 9.59 Å². The average molecular weight is 269 g/mol. The van der Waals surface area contributed by atoms with Crippen LogP contribution in [0.1, 0.15) is 21.8 Å². The van der Waals surface area contributed by atoms with Crippen LogP contribution in [0, 0.1) is 0 Å². The van der Waals surface area contributed by atoms with E-state index in [1.54, 1.807) is 0 Å². The van der Waals surface area contributed by atoms with Crippen molar-refractivity contribution < 1.29 is 29.3 Å². The van der Waals surface area contributed by atoms with Crippen molar-refractivity contribution in [1.29, 1.82) is 0 Å². The molecule has 104 valence electrons. The van der Waals surface area contributed by atoms with Gasteiger partial charge in [-0.25, -0.2) is 4.79 Å². The summed E-state index contributed by atoms with van der Waals surface area (Å²) < 4.78 is 9.99. The smallest absolute Gasteiger partial charge is 0.339 e. The van der Waals surface area contributed by atoms with Gasteiger partial charge in [0.05, 0.1) is 20.1 Å². The van der Waals surface area contributed by atoms with E-state index in [4.69, 9.17) is 25.4 Å². The average Bonchev–Trinajstić information content (AvgIpc) is 2.37. The van der Waals surface area contributed by atoms with Crippen LogP contribution < -0.4 is 15.2 Å². The van der Waals surface area contributed by atoms with Crippen LogP contribution in [0.3, 0.4) is 0 Å². The van der Waals surface area contributed by atoms with Gasteiger partial charge in [0.25, 0.3) is 0 Å². The topological polar surface area (TPSA) is 119 Å². The molecule has 0 radical (unpaired) electrons. The Morgan fingerprint density at radius 1 is 1.26 bits per heavy atom. The lowest BCUT2D eigenvalue weighted by atomic mass is 9.96. The molecule has 0 heterocycles. The standard InChI is InChI=1S/C12H15NO6/c1-18-9-4-6(8(5-13)12(16)17)3-7(11(14)15)10(9)19-2/h3-4,8H,5,13H2,1-2H3,(H,14,15)(H,16,17). The van der Waals surface area contributed by atoms with Crippen molar-refractivity contribution >= 4 is 11.9 Å². The van der Waals surface area contributed by atoms with E-state index >= 15 is 0 Å². The highest BCUT2D eigenvalue weighted by molar-refractivity contribution is 5.93. The highest BCUT2D eigenvalue weighted by Crippen LogP contribution is 2.35. The zero-order valence-electron chi connectivity index (χ0n) is 10.5. The molecule has 0 spiro atoms. The maximum Gasteiger partial charge on any atom is 0.339 e. The van der Waals surface area contributed by atoms with Gasteiger partial charge in [-0.05, 0) is 17.7 Å². The van der Waals surface area contributed by atoms with Crippen molar-refractivity contribution in [1.82, 2.24) is 0 Å². The molecule has 0 bridgehead atoms. The van der Waals surface area contributed by atoms with Gasteiger partial charge in [0, 0.05) is 6.54 Å². The second-order valence-corrected chi connectivity index (χ2v) is 3.74. The van der Waals surface area contributed by atoms with Crippen molar-refractivity contribution in [3.8, 4) is 11.5 Å². The normalized spacial score (nSPS) is 11.7. The number of aromatic carboxylic acids is 1. The summed E-state index contributed by atoms with van der Waals surface area (Å²) in [7, 11) is 2.65. The molecule has 0 aliphatic heterocycles. The maximum atomic E-state index is 11.2. The Kier molecular flexibility index (Phi) is 4.71. The van der Waals surface area contributed by atoms with Crippen LogP contribution in [-0.2, 0) is 4.79 Å². The van der Waals surface area contributed by atoms with Gasteiger partial charge in [-0.15, -0.1) is 0 Å². The van der Waals surface area contributed by atoms with Crippen molar-refractivity contribution in [3.05, 3.63) is 23.3 Å². The Morgan fingerprint density at radius 2 is 1.89 bits per heavy atom. The number of rotatable bonds is 6. The molecule has 1 aromatic carbocycles. The van der Waals surface area contributed by atoms with Crippen LogP contribution in [0.4, 0.5) is 0 Å².